The zero-order chi connectivity index (χ0) is 12.3. The maximum atomic E-state index is 12.8. The second-order valence-corrected chi connectivity index (χ2v) is 5.51. The van der Waals surface area contributed by atoms with Crippen LogP contribution in [-0.4, -0.2) is 0 Å². The molecule has 0 atom stereocenters. The Morgan fingerprint density at radius 1 is 1.06 bits per heavy atom. The first-order valence-electron chi connectivity index (χ1n) is 5.11. The van der Waals surface area contributed by atoms with E-state index in [2.05, 4.69) is 15.9 Å². The Morgan fingerprint density at radius 3 is 2.29 bits per heavy atom. The lowest BCUT2D eigenvalue weighted by Crippen LogP contribution is -1.96. The van der Waals surface area contributed by atoms with Gasteiger partial charge in [0.05, 0.1) is 0 Å². The molecule has 0 spiro atoms. The van der Waals surface area contributed by atoms with Crippen molar-refractivity contribution < 1.29 is 4.39 Å². The van der Waals surface area contributed by atoms with Crippen LogP contribution in [0.1, 0.15) is 5.56 Å². The number of hydrogen-bond donors (Lipinski definition) is 1. The molecule has 0 fully saturated rings. The minimum absolute atomic E-state index is 0.214. The lowest BCUT2D eigenvalue weighted by atomic mass is 10.2. The first-order chi connectivity index (χ1) is 8.19. The number of halogens is 2. The summed E-state index contributed by atoms with van der Waals surface area (Å²) in [6.07, 6.45) is 0. The van der Waals surface area contributed by atoms with Gasteiger partial charge in [-0.05, 0) is 42.0 Å². The summed E-state index contributed by atoms with van der Waals surface area (Å²) in [7, 11) is 0. The highest BCUT2D eigenvalue weighted by molar-refractivity contribution is 9.10. The van der Waals surface area contributed by atoms with Crippen molar-refractivity contribution in [2.75, 3.05) is 0 Å². The molecule has 0 aliphatic rings. The number of rotatable bonds is 3. The van der Waals surface area contributed by atoms with Gasteiger partial charge in [0.25, 0.3) is 0 Å². The van der Waals surface area contributed by atoms with Crippen molar-refractivity contribution in [3.63, 3.8) is 0 Å². The number of hydrogen-bond acceptors (Lipinski definition) is 2. The van der Waals surface area contributed by atoms with Crippen LogP contribution in [-0.2, 0) is 6.54 Å². The highest BCUT2D eigenvalue weighted by Crippen LogP contribution is 2.30. The van der Waals surface area contributed by atoms with Gasteiger partial charge < -0.3 is 5.73 Å². The third-order valence-corrected chi connectivity index (χ3v) is 4.03. The Bertz CT molecular complexity index is 513. The lowest BCUT2D eigenvalue weighted by Gasteiger charge is -2.05. The topological polar surface area (TPSA) is 26.0 Å². The Balaban J connectivity index is 2.19. The van der Waals surface area contributed by atoms with Crippen LogP contribution in [0.15, 0.2) is 56.7 Å². The van der Waals surface area contributed by atoms with E-state index in [-0.39, 0.29) is 5.82 Å². The normalized spacial score (nSPS) is 10.5. The third kappa shape index (κ3) is 3.31. The molecule has 2 N–H and O–H groups in total. The summed E-state index contributed by atoms with van der Waals surface area (Å²) >= 11 is 5.07. The molecule has 0 radical (unpaired) electrons. The maximum absolute atomic E-state index is 12.8. The fourth-order valence-corrected chi connectivity index (χ4v) is 2.95. The van der Waals surface area contributed by atoms with E-state index in [9.17, 15) is 4.39 Å². The minimum atomic E-state index is -0.214. The monoisotopic (exact) mass is 311 g/mol. The first kappa shape index (κ1) is 12.6. The SMILES string of the molecule is NCc1ccc(Sc2ccc(F)cc2)cc1Br. The highest BCUT2D eigenvalue weighted by Gasteiger charge is 2.02. The molecule has 0 aromatic heterocycles. The highest BCUT2D eigenvalue weighted by atomic mass is 79.9. The summed E-state index contributed by atoms with van der Waals surface area (Å²) in [5.74, 6) is -0.214. The van der Waals surface area contributed by atoms with Crippen molar-refractivity contribution in [1.29, 1.82) is 0 Å². The molecular weight excluding hydrogens is 301 g/mol. The van der Waals surface area contributed by atoms with E-state index in [1.165, 1.54) is 12.1 Å². The molecule has 0 amide bonds. The molecule has 2 aromatic rings. The van der Waals surface area contributed by atoms with E-state index in [1.54, 1.807) is 23.9 Å². The number of nitrogens with two attached hydrogens (primary N) is 1. The smallest absolute Gasteiger partial charge is 0.123 e. The minimum Gasteiger partial charge on any atom is -0.326 e. The largest absolute Gasteiger partial charge is 0.326 e. The molecule has 88 valence electrons. The molecule has 0 bridgehead atoms. The van der Waals surface area contributed by atoms with Gasteiger partial charge in [0.1, 0.15) is 5.82 Å². The van der Waals surface area contributed by atoms with Gasteiger partial charge in [-0.3, -0.25) is 0 Å². The van der Waals surface area contributed by atoms with E-state index in [1.807, 2.05) is 18.2 Å². The second-order valence-electron chi connectivity index (χ2n) is 3.51. The van der Waals surface area contributed by atoms with Gasteiger partial charge in [0.15, 0.2) is 0 Å². The Hall–Kier alpha value is -0.840. The van der Waals surface area contributed by atoms with Gasteiger partial charge in [0, 0.05) is 20.8 Å². The van der Waals surface area contributed by atoms with Crippen LogP contribution in [0.25, 0.3) is 0 Å². The maximum Gasteiger partial charge on any atom is 0.123 e. The summed E-state index contributed by atoms with van der Waals surface area (Å²) in [4.78, 5) is 2.11. The third-order valence-electron chi connectivity index (χ3n) is 2.29. The molecular formula is C13H11BrFNS. The molecule has 0 saturated carbocycles. The lowest BCUT2D eigenvalue weighted by molar-refractivity contribution is 0.626. The molecule has 0 unspecified atom stereocenters. The fraction of sp³-hybridized carbons (Fsp3) is 0.0769. The molecule has 2 aromatic carbocycles. The van der Waals surface area contributed by atoms with Gasteiger partial charge in [0.2, 0.25) is 0 Å². The second kappa shape index (κ2) is 5.67. The van der Waals surface area contributed by atoms with Crippen LogP contribution in [0.2, 0.25) is 0 Å². The molecule has 1 nitrogen and oxygen atoms in total. The van der Waals surface area contributed by atoms with E-state index in [0.717, 1.165) is 19.8 Å². The summed E-state index contributed by atoms with van der Waals surface area (Å²) < 4.78 is 13.8. The van der Waals surface area contributed by atoms with Crippen molar-refractivity contribution in [3.05, 3.63) is 58.3 Å². The summed E-state index contributed by atoms with van der Waals surface area (Å²) in [6.45, 7) is 0.516. The van der Waals surface area contributed by atoms with Crippen molar-refractivity contribution in [1.82, 2.24) is 0 Å². The van der Waals surface area contributed by atoms with Gasteiger partial charge in [-0.2, -0.15) is 0 Å². The van der Waals surface area contributed by atoms with Crippen LogP contribution in [0.4, 0.5) is 4.39 Å². The van der Waals surface area contributed by atoms with E-state index in [0.29, 0.717) is 6.54 Å². The van der Waals surface area contributed by atoms with E-state index in [4.69, 9.17) is 5.73 Å². The molecule has 0 saturated heterocycles. The van der Waals surface area contributed by atoms with Gasteiger partial charge in [-0.25, -0.2) is 4.39 Å². The summed E-state index contributed by atoms with van der Waals surface area (Å²) in [6, 6.07) is 12.5. The van der Waals surface area contributed by atoms with Gasteiger partial charge in [-0.1, -0.05) is 33.8 Å². The van der Waals surface area contributed by atoms with Crippen LogP contribution in [0.5, 0.6) is 0 Å². The van der Waals surface area contributed by atoms with Gasteiger partial charge >= 0.3 is 0 Å². The Kier molecular flexibility index (Phi) is 4.20. The van der Waals surface area contributed by atoms with Crippen molar-refractivity contribution >= 4 is 27.7 Å². The first-order valence-corrected chi connectivity index (χ1v) is 6.72. The van der Waals surface area contributed by atoms with Crippen LogP contribution in [0, 0.1) is 5.82 Å². The number of benzene rings is 2. The van der Waals surface area contributed by atoms with Crippen LogP contribution >= 0.6 is 27.7 Å². The zero-order valence-corrected chi connectivity index (χ0v) is 11.4. The average Bonchev–Trinajstić information content (AvgIpc) is 2.32. The molecule has 0 aliphatic heterocycles. The standard InChI is InChI=1S/C13H11BrFNS/c14-13-7-12(4-1-9(13)8-16)17-11-5-2-10(15)3-6-11/h1-7H,8,16H2. The average molecular weight is 312 g/mol. The predicted octanol–water partition coefficient (Wildman–Crippen LogP) is 4.20. The Labute approximate surface area is 112 Å². The van der Waals surface area contributed by atoms with Crippen molar-refractivity contribution in [2.45, 2.75) is 16.3 Å². The molecule has 17 heavy (non-hydrogen) atoms. The summed E-state index contributed by atoms with van der Waals surface area (Å²) in [5.41, 5.74) is 6.67. The molecule has 2 rings (SSSR count). The fourth-order valence-electron chi connectivity index (χ4n) is 1.40. The van der Waals surface area contributed by atoms with E-state index < -0.39 is 0 Å². The molecule has 0 aliphatic carbocycles. The quantitative estimate of drug-likeness (QED) is 0.919. The predicted molar refractivity (Wildman–Crippen MR) is 72.6 cm³/mol. The van der Waals surface area contributed by atoms with Crippen molar-refractivity contribution in [2.24, 2.45) is 5.73 Å². The van der Waals surface area contributed by atoms with E-state index >= 15 is 0 Å². The van der Waals surface area contributed by atoms with Crippen LogP contribution < -0.4 is 5.73 Å². The summed E-state index contributed by atoms with van der Waals surface area (Å²) in [5, 5.41) is 0. The Morgan fingerprint density at radius 2 is 1.71 bits per heavy atom. The molecule has 4 heteroatoms. The van der Waals surface area contributed by atoms with Crippen molar-refractivity contribution in [3.8, 4) is 0 Å². The molecule has 0 heterocycles. The van der Waals surface area contributed by atoms with Gasteiger partial charge in [-0.15, -0.1) is 0 Å². The van der Waals surface area contributed by atoms with Crippen LogP contribution in [0.3, 0.4) is 0 Å². The zero-order valence-electron chi connectivity index (χ0n) is 8.99.